The average molecular weight is 377 g/mol. The highest BCUT2D eigenvalue weighted by atomic mass is 35.5. The van der Waals surface area contributed by atoms with Crippen molar-refractivity contribution < 1.29 is 9.47 Å². The minimum absolute atomic E-state index is 0.786. The van der Waals surface area contributed by atoms with Crippen molar-refractivity contribution in [2.24, 2.45) is 0 Å². The molecule has 0 unspecified atom stereocenters. The summed E-state index contributed by atoms with van der Waals surface area (Å²) in [6, 6.07) is 10.6. The molecule has 0 amide bonds. The van der Waals surface area contributed by atoms with Crippen molar-refractivity contribution in [2.45, 2.75) is 65.2 Å². The number of aryl methyl sites for hydroxylation is 1. The van der Waals surface area contributed by atoms with Crippen LogP contribution >= 0.6 is 11.6 Å². The Hall–Kier alpha value is -1.41. The van der Waals surface area contributed by atoms with Gasteiger partial charge in [0.25, 0.3) is 0 Å². The van der Waals surface area contributed by atoms with Crippen molar-refractivity contribution in [3.05, 3.63) is 35.9 Å². The van der Waals surface area contributed by atoms with E-state index in [1.807, 2.05) is 0 Å². The van der Waals surface area contributed by atoms with Crippen molar-refractivity contribution in [2.75, 3.05) is 19.1 Å². The van der Waals surface area contributed by atoms with Gasteiger partial charge in [0, 0.05) is 5.88 Å². The van der Waals surface area contributed by atoms with Crippen LogP contribution in [0.2, 0.25) is 0 Å². The number of halogens is 1. The number of fused-ring (bicyclic) bond motifs is 1. The van der Waals surface area contributed by atoms with E-state index in [2.05, 4.69) is 44.2 Å². The number of hydrogen-bond acceptors (Lipinski definition) is 2. The van der Waals surface area contributed by atoms with E-state index in [1.165, 1.54) is 42.0 Å². The zero-order valence-corrected chi connectivity index (χ0v) is 17.1. The lowest BCUT2D eigenvalue weighted by atomic mass is 10.0. The third-order valence-electron chi connectivity index (χ3n) is 4.76. The molecule has 0 aromatic heterocycles. The SMILES string of the molecule is CCCCOc1ccc2c(C)c(OCCCCCCCCCl)ccc2c1. The van der Waals surface area contributed by atoms with Gasteiger partial charge in [0.2, 0.25) is 0 Å². The van der Waals surface area contributed by atoms with Crippen LogP contribution in [0, 0.1) is 6.92 Å². The summed E-state index contributed by atoms with van der Waals surface area (Å²) in [7, 11) is 0. The largest absolute Gasteiger partial charge is 0.494 e. The lowest BCUT2D eigenvalue weighted by molar-refractivity contribution is 0.303. The van der Waals surface area contributed by atoms with Crippen LogP contribution in [-0.4, -0.2) is 19.1 Å². The molecule has 0 atom stereocenters. The summed E-state index contributed by atoms with van der Waals surface area (Å²) in [6.07, 6.45) is 9.54. The molecule has 0 saturated heterocycles. The van der Waals surface area contributed by atoms with Gasteiger partial charge in [0.15, 0.2) is 0 Å². The maximum atomic E-state index is 6.03. The summed E-state index contributed by atoms with van der Waals surface area (Å²) in [5, 5.41) is 2.45. The van der Waals surface area contributed by atoms with Crippen molar-refractivity contribution >= 4 is 22.4 Å². The first kappa shape index (κ1) is 20.9. The molecule has 0 radical (unpaired) electrons. The Morgan fingerprint density at radius 3 is 2.31 bits per heavy atom. The first-order valence-corrected chi connectivity index (χ1v) is 10.6. The van der Waals surface area contributed by atoms with E-state index in [1.54, 1.807) is 0 Å². The van der Waals surface area contributed by atoms with Gasteiger partial charge in [-0.2, -0.15) is 0 Å². The standard InChI is InChI=1S/C23H33ClO2/c1-3-4-16-25-21-12-13-22-19(2)23(14-11-20(22)18-21)26-17-10-8-6-5-7-9-15-24/h11-14,18H,3-10,15-17H2,1-2H3. The predicted octanol–water partition coefficient (Wildman–Crippen LogP) is 7.29. The zero-order chi connectivity index (χ0) is 18.6. The van der Waals surface area contributed by atoms with Gasteiger partial charge >= 0.3 is 0 Å². The molecule has 0 saturated carbocycles. The maximum Gasteiger partial charge on any atom is 0.122 e. The maximum absolute atomic E-state index is 6.03. The number of unbranched alkanes of at least 4 members (excludes halogenated alkanes) is 6. The van der Waals surface area contributed by atoms with Crippen LogP contribution < -0.4 is 9.47 Å². The Morgan fingerprint density at radius 1 is 0.808 bits per heavy atom. The fraction of sp³-hybridized carbons (Fsp3) is 0.565. The van der Waals surface area contributed by atoms with Gasteiger partial charge in [-0.15, -0.1) is 11.6 Å². The first-order chi connectivity index (χ1) is 12.8. The molecule has 26 heavy (non-hydrogen) atoms. The Kier molecular flexibility index (Phi) is 9.70. The summed E-state index contributed by atoms with van der Waals surface area (Å²) < 4.78 is 11.8. The molecule has 0 aliphatic rings. The second kappa shape index (κ2) is 12.1. The normalized spacial score (nSPS) is 11.0. The van der Waals surface area contributed by atoms with Gasteiger partial charge in [-0.05, 0) is 60.7 Å². The second-order valence-electron chi connectivity index (χ2n) is 6.93. The molecule has 0 aliphatic heterocycles. The summed E-state index contributed by atoms with van der Waals surface area (Å²) in [4.78, 5) is 0. The fourth-order valence-corrected chi connectivity index (χ4v) is 3.30. The Bertz CT molecular complexity index is 654. The van der Waals surface area contributed by atoms with Crippen LogP contribution in [-0.2, 0) is 0 Å². The highest BCUT2D eigenvalue weighted by Crippen LogP contribution is 2.30. The predicted molar refractivity (Wildman–Crippen MR) is 113 cm³/mol. The van der Waals surface area contributed by atoms with Gasteiger partial charge in [0.05, 0.1) is 13.2 Å². The molecule has 144 valence electrons. The minimum Gasteiger partial charge on any atom is -0.494 e. The van der Waals surface area contributed by atoms with E-state index < -0.39 is 0 Å². The Labute approximate surface area is 163 Å². The molecule has 0 fully saturated rings. The number of rotatable bonds is 13. The monoisotopic (exact) mass is 376 g/mol. The molecular weight excluding hydrogens is 344 g/mol. The quantitative estimate of drug-likeness (QED) is 0.270. The van der Waals surface area contributed by atoms with Gasteiger partial charge in [-0.1, -0.05) is 51.2 Å². The van der Waals surface area contributed by atoms with E-state index in [-0.39, 0.29) is 0 Å². The van der Waals surface area contributed by atoms with Crippen molar-refractivity contribution in [3.8, 4) is 11.5 Å². The number of benzene rings is 2. The molecule has 0 aliphatic carbocycles. The van der Waals surface area contributed by atoms with Gasteiger partial charge in [-0.3, -0.25) is 0 Å². The van der Waals surface area contributed by atoms with E-state index >= 15 is 0 Å². The first-order valence-electron chi connectivity index (χ1n) is 10.1. The Morgan fingerprint density at radius 2 is 1.54 bits per heavy atom. The summed E-state index contributed by atoms with van der Waals surface area (Å²) in [5.41, 5.74) is 1.21. The highest BCUT2D eigenvalue weighted by Gasteiger charge is 2.06. The number of ether oxygens (including phenoxy) is 2. The van der Waals surface area contributed by atoms with Crippen molar-refractivity contribution in [1.29, 1.82) is 0 Å². The van der Waals surface area contributed by atoms with E-state index in [9.17, 15) is 0 Å². The molecule has 2 aromatic carbocycles. The third kappa shape index (κ3) is 6.72. The van der Waals surface area contributed by atoms with E-state index in [4.69, 9.17) is 21.1 Å². The number of alkyl halides is 1. The number of hydrogen-bond donors (Lipinski definition) is 0. The highest BCUT2D eigenvalue weighted by molar-refractivity contribution is 6.17. The summed E-state index contributed by atoms with van der Waals surface area (Å²) >= 11 is 5.70. The molecule has 2 nitrogen and oxygen atoms in total. The molecule has 0 heterocycles. The van der Waals surface area contributed by atoms with Gasteiger partial charge in [0.1, 0.15) is 11.5 Å². The van der Waals surface area contributed by atoms with Crippen molar-refractivity contribution in [1.82, 2.24) is 0 Å². The molecular formula is C23H33ClO2. The average Bonchev–Trinajstić information content (AvgIpc) is 2.66. The smallest absolute Gasteiger partial charge is 0.122 e. The molecule has 0 spiro atoms. The molecule has 2 rings (SSSR count). The summed E-state index contributed by atoms with van der Waals surface area (Å²) in [6.45, 7) is 5.89. The van der Waals surface area contributed by atoms with Crippen LogP contribution in [0.3, 0.4) is 0 Å². The topological polar surface area (TPSA) is 18.5 Å². The van der Waals surface area contributed by atoms with E-state index in [0.717, 1.165) is 56.3 Å². The lowest BCUT2D eigenvalue weighted by Crippen LogP contribution is -2.00. The van der Waals surface area contributed by atoms with Crippen LogP contribution in [0.15, 0.2) is 30.3 Å². The van der Waals surface area contributed by atoms with Crippen LogP contribution in [0.5, 0.6) is 11.5 Å². The second-order valence-corrected chi connectivity index (χ2v) is 7.31. The van der Waals surface area contributed by atoms with Crippen LogP contribution in [0.4, 0.5) is 0 Å². The van der Waals surface area contributed by atoms with Crippen LogP contribution in [0.1, 0.15) is 63.9 Å². The molecule has 0 N–H and O–H groups in total. The van der Waals surface area contributed by atoms with Crippen LogP contribution in [0.25, 0.3) is 10.8 Å². The molecule has 0 bridgehead atoms. The van der Waals surface area contributed by atoms with Crippen molar-refractivity contribution in [3.63, 3.8) is 0 Å². The van der Waals surface area contributed by atoms with Gasteiger partial charge < -0.3 is 9.47 Å². The minimum atomic E-state index is 0.786. The molecule has 2 aromatic rings. The Balaban J connectivity index is 1.83. The molecule has 3 heteroatoms. The summed E-state index contributed by atoms with van der Waals surface area (Å²) in [5.74, 6) is 2.74. The van der Waals surface area contributed by atoms with E-state index in [0.29, 0.717) is 0 Å². The third-order valence-corrected chi connectivity index (χ3v) is 5.03. The zero-order valence-electron chi connectivity index (χ0n) is 16.4. The lowest BCUT2D eigenvalue weighted by Gasteiger charge is -2.13. The van der Waals surface area contributed by atoms with Gasteiger partial charge in [-0.25, -0.2) is 0 Å². The fourth-order valence-electron chi connectivity index (χ4n) is 3.11.